The number of ketones is 1. The molecule has 0 radical (unpaired) electrons. The number of rotatable bonds is 6. The van der Waals surface area contributed by atoms with Crippen LogP contribution in [0.4, 0.5) is 0 Å². The molecule has 0 amide bonds. The molecule has 2 aromatic rings. The van der Waals surface area contributed by atoms with Gasteiger partial charge in [0.25, 0.3) is 0 Å². The Morgan fingerprint density at radius 3 is 2.65 bits per heavy atom. The van der Waals surface area contributed by atoms with Crippen LogP contribution in [0, 0.1) is 0 Å². The summed E-state index contributed by atoms with van der Waals surface area (Å²) >= 11 is 5.80. The second-order valence-electron chi connectivity index (χ2n) is 4.46. The summed E-state index contributed by atoms with van der Waals surface area (Å²) in [6.45, 7) is 2.23. The number of carbonyl (C=O) groups is 1. The van der Waals surface area contributed by atoms with Gasteiger partial charge in [0.2, 0.25) is 0 Å². The number of Topliss-reactive ketones (excluding diaryl/α,β-unsaturated/α-hetero) is 1. The molecular formula is C16H16ClNO2. The maximum absolute atomic E-state index is 12.1. The van der Waals surface area contributed by atoms with Crippen molar-refractivity contribution in [3.8, 4) is 0 Å². The lowest BCUT2D eigenvalue weighted by atomic mass is 10.1. The van der Waals surface area contributed by atoms with Gasteiger partial charge in [0.15, 0.2) is 5.78 Å². The first-order chi connectivity index (χ1) is 9.66. The monoisotopic (exact) mass is 289 g/mol. The average molecular weight is 290 g/mol. The molecule has 2 rings (SSSR count). The van der Waals surface area contributed by atoms with Gasteiger partial charge in [-0.15, -0.1) is 0 Å². The van der Waals surface area contributed by atoms with Crippen molar-refractivity contribution < 1.29 is 9.53 Å². The van der Waals surface area contributed by atoms with Crippen LogP contribution < -0.4 is 0 Å². The van der Waals surface area contributed by atoms with Gasteiger partial charge in [-0.05, 0) is 43.3 Å². The third-order valence-electron chi connectivity index (χ3n) is 2.95. The first-order valence-corrected chi connectivity index (χ1v) is 6.86. The zero-order valence-corrected chi connectivity index (χ0v) is 12.0. The Bertz CT molecular complexity index is 554. The zero-order valence-electron chi connectivity index (χ0n) is 11.3. The van der Waals surface area contributed by atoms with Crippen LogP contribution in [-0.2, 0) is 11.2 Å². The molecule has 0 spiro atoms. The Morgan fingerprint density at radius 1 is 1.25 bits per heavy atom. The van der Waals surface area contributed by atoms with Crippen molar-refractivity contribution in [3.63, 3.8) is 0 Å². The van der Waals surface area contributed by atoms with Gasteiger partial charge in [-0.2, -0.15) is 0 Å². The summed E-state index contributed by atoms with van der Waals surface area (Å²) in [6, 6.07) is 12.6. The van der Waals surface area contributed by atoms with Crippen molar-refractivity contribution >= 4 is 17.4 Å². The van der Waals surface area contributed by atoms with Gasteiger partial charge in [0.05, 0.1) is 6.61 Å². The van der Waals surface area contributed by atoms with Crippen LogP contribution in [0.1, 0.15) is 23.0 Å². The Balaban J connectivity index is 1.84. The molecule has 0 saturated heterocycles. The highest BCUT2D eigenvalue weighted by molar-refractivity contribution is 6.30. The minimum absolute atomic E-state index is 0.0392. The van der Waals surface area contributed by atoms with Crippen LogP contribution in [0.5, 0.6) is 0 Å². The molecule has 3 nitrogen and oxygen atoms in total. The number of hydrogen-bond donors (Lipinski definition) is 0. The highest BCUT2D eigenvalue weighted by Gasteiger charge is 2.15. The molecule has 20 heavy (non-hydrogen) atoms. The van der Waals surface area contributed by atoms with Gasteiger partial charge in [0, 0.05) is 28.9 Å². The highest BCUT2D eigenvalue weighted by atomic mass is 35.5. The molecule has 0 aliphatic carbocycles. The van der Waals surface area contributed by atoms with Gasteiger partial charge >= 0.3 is 0 Å². The topological polar surface area (TPSA) is 39.2 Å². The number of pyridine rings is 1. The van der Waals surface area contributed by atoms with Gasteiger partial charge in [0.1, 0.15) is 6.10 Å². The van der Waals surface area contributed by atoms with E-state index in [1.54, 1.807) is 37.4 Å². The summed E-state index contributed by atoms with van der Waals surface area (Å²) in [7, 11) is 0. The molecule has 1 heterocycles. The number of benzene rings is 1. The van der Waals surface area contributed by atoms with E-state index in [0.29, 0.717) is 23.6 Å². The highest BCUT2D eigenvalue weighted by Crippen LogP contribution is 2.12. The lowest BCUT2D eigenvalue weighted by Crippen LogP contribution is -2.22. The Morgan fingerprint density at radius 2 is 2.00 bits per heavy atom. The summed E-state index contributed by atoms with van der Waals surface area (Å²) in [6.07, 6.45) is 1.97. The van der Waals surface area contributed by atoms with E-state index in [1.807, 2.05) is 18.2 Å². The second kappa shape index (κ2) is 7.17. The molecule has 0 aliphatic heterocycles. The molecule has 104 valence electrons. The Kier molecular flexibility index (Phi) is 5.27. The van der Waals surface area contributed by atoms with Crippen molar-refractivity contribution in [1.82, 2.24) is 4.98 Å². The summed E-state index contributed by atoms with van der Waals surface area (Å²) in [4.78, 5) is 16.3. The third-order valence-corrected chi connectivity index (χ3v) is 3.20. The van der Waals surface area contributed by atoms with Gasteiger partial charge in [-0.25, -0.2) is 0 Å². The number of aromatic nitrogens is 1. The predicted octanol–water partition coefficient (Wildman–Crippen LogP) is 3.57. The van der Waals surface area contributed by atoms with E-state index in [9.17, 15) is 4.79 Å². The number of ether oxygens (including phenoxy) is 1. The summed E-state index contributed by atoms with van der Waals surface area (Å²) in [5.41, 5.74) is 1.57. The molecular weight excluding hydrogens is 274 g/mol. The van der Waals surface area contributed by atoms with Crippen LogP contribution >= 0.6 is 11.6 Å². The van der Waals surface area contributed by atoms with Crippen LogP contribution in [0.3, 0.4) is 0 Å². The fraction of sp³-hybridized carbons (Fsp3) is 0.250. The van der Waals surface area contributed by atoms with Crippen LogP contribution in [0.2, 0.25) is 5.02 Å². The van der Waals surface area contributed by atoms with Gasteiger partial charge < -0.3 is 4.74 Å². The quantitative estimate of drug-likeness (QED) is 0.763. The average Bonchev–Trinajstić information content (AvgIpc) is 2.48. The SMILES string of the molecule is CC(OCCc1ccccn1)C(=O)c1ccc(Cl)cc1. The lowest BCUT2D eigenvalue weighted by Gasteiger charge is -2.12. The second-order valence-corrected chi connectivity index (χ2v) is 4.89. The normalized spacial score (nSPS) is 12.1. The molecule has 4 heteroatoms. The maximum atomic E-state index is 12.1. The van der Waals surface area contributed by atoms with E-state index >= 15 is 0 Å². The van der Waals surface area contributed by atoms with E-state index in [2.05, 4.69) is 4.98 Å². The molecule has 1 atom stereocenters. The zero-order chi connectivity index (χ0) is 14.4. The van der Waals surface area contributed by atoms with Crippen molar-refractivity contribution in [3.05, 3.63) is 64.9 Å². The predicted molar refractivity (Wildman–Crippen MR) is 79.1 cm³/mol. The largest absolute Gasteiger partial charge is 0.370 e. The number of hydrogen-bond acceptors (Lipinski definition) is 3. The molecule has 0 aliphatic rings. The molecule has 1 aromatic heterocycles. The van der Waals surface area contributed by atoms with Crippen molar-refractivity contribution in [2.75, 3.05) is 6.61 Å². The molecule has 1 unspecified atom stereocenters. The minimum atomic E-state index is -0.472. The fourth-order valence-corrected chi connectivity index (χ4v) is 1.94. The van der Waals surface area contributed by atoms with Crippen molar-refractivity contribution in [1.29, 1.82) is 0 Å². The van der Waals surface area contributed by atoms with E-state index in [4.69, 9.17) is 16.3 Å². The molecule has 0 N–H and O–H groups in total. The van der Waals surface area contributed by atoms with Gasteiger partial charge in [-0.3, -0.25) is 9.78 Å². The Labute approximate surface area is 123 Å². The van der Waals surface area contributed by atoms with E-state index in [0.717, 1.165) is 5.69 Å². The molecule has 0 bridgehead atoms. The van der Waals surface area contributed by atoms with Crippen LogP contribution in [0.25, 0.3) is 0 Å². The smallest absolute Gasteiger partial charge is 0.191 e. The van der Waals surface area contributed by atoms with Gasteiger partial charge in [-0.1, -0.05) is 17.7 Å². The summed E-state index contributed by atoms with van der Waals surface area (Å²) in [5, 5.41) is 0.616. The van der Waals surface area contributed by atoms with Crippen LogP contribution in [0.15, 0.2) is 48.7 Å². The minimum Gasteiger partial charge on any atom is -0.370 e. The number of nitrogens with zero attached hydrogens (tertiary/aromatic N) is 1. The van der Waals surface area contributed by atoms with Crippen molar-refractivity contribution in [2.45, 2.75) is 19.4 Å². The first kappa shape index (κ1) is 14.7. The number of halogens is 1. The van der Waals surface area contributed by atoms with E-state index < -0.39 is 6.10 Å². The van der Waals surface area contributed by atoms with E-state index in [-0.39, 0.29) is 5.78 Å². The number of carbonyl (C=O) groups excluding carboxylic acids is 1. The third kappa shape index (κ3) is 4.15. The standard InChI is InChI=1S/C16H16ClNO2/c1-12(16(19)13-5-7-14(17)8-6-13)20-11-9-15-4-2-3-10-18-15/h2-8,10,12H,9,11H2,1H3. The van der Waals surface area contributed by atoms with E-state index in [1.165, 1.54) is 0 Å². The Hall–Kier alpha value is -1.71. The molecule has 0 saturated carbocycles. The van der Waals surface area contributed by atoms with Crippen molar-refractivity contribution in [2.24, 2.45) is 0 Å². The molecule has 1 aromatic carbocycles. The summed E-state index contributed by atoms with van der Waals surface area (Å²) < 4.78 is 5.57. The molecule has 0 fully saturated rings. The maximum Gasteiger partial charge on any atom is 0.191 e. The lowest BCUT2D eigenvalue weighted by molar-refractivity contribution is 0.0485. The van der Waals surface area contributed by atoms with Crippen LogP contribution in [-0.4, -0.2) is 23.5 Å². The summed E-state index contributed by atoms with van der Waals surface area (Å²) in [5.74, 6) is -0.0392. The fourth-order valence-electron chi connectivity index (χ4n) is 1.81. The first-order valence-electron chi connectivity index (χ1n) is 6.48.